The summed E-state index contributed by atoms with van der Waals surface area (Å²) in [6, 6.07) is 10.3. The molecule has 14 heavy (non-hydrogen) atoms. The van der Waals surface area contributed by atoms with Crippen LogP contribution in [0.3, 0.4) is 0 Å². The first-order valence-electron chi connectivity index (χ1n) is 4.60. The maximum absolute atomic E-state index is 7.69. The quantitative estimate of drug-likeness (QED) is 0.621. The Morgan fingerprint density at radius 2 is 1.93 bits per heavy atom. The smallest absolute Gasteiger partial charge is 0.122 e. The van der Waals surface area contributed by atoms with Crippen LogP contribution in [0.4, 0.5) is 0 Å². The van der Waals surface area contributed by atoms with E-state index in [1.54, 1.807) is 23.5 Å². The summed E-state index contributed by atoms with van der Waals surface area (Å²) in [4.78, 5) is 0. The predicted octanol–water partition coefficient (Wildman–Crippen LogP) is 4.00. The SMILES string of the molecule is CC(C)SC(=N)SCc1ccccc1. The maximum Gasteiger partial charge on any atom is 0.122 e. The molecule has 0 atom stereocenters. The Balaban J connectivity index is 2.31. The number of nitrogens with one attached hydrogen (secondary N) is 1. The van der Waals surface area contributed by atoms with Crippen molar-refractivity contribution in [2.75, 3.05) is 0 Å². The average Bonchev–Trinajstić information content (AvgIpc) is 2.15. The standard InChI is InChI=1S/C11H15NS2/c1-9(2)14-11(12)13-8-10-6-4-3-5-7-10/h3-7,9,12H,8H2,1-2H3. The largest absolute Gasteiger partial charge is 0.288 e. The van der Waals surface area contributed by atoms with Gasteiger partial charge in [0.15, 0.2) is 0 Å². The second-order valence-electron chi connectivity index (χ2n) is 3.23. The molecule has 0 aromatic heterocycles. The van der Waals surface area contributed by atoms with Crippen molar-refractivity contribution in [2.45, 2.75) is 24.9 Å². The molecule has 1 rings (SSSR count). The minimum Gasteiger partial charge on any atom is -0.288 e. The zero-order valence-electron chi connectivity index (χ0n) is 8.49. The van der Waals surface area contributed by atoms with Gasteiger partial charge in [0.05, 0.1) is 0 Å². The lowest BCUT2D eigenvalue weighted by Crippen LogP contribution is -1.93. The van der Waals surface area contributed by atoms with Crippen LogP contribution < -0.4 is 0 Å². The summed E-state index contributed by atoms with van der Waals surface area (Å²) >= 11 is 3.22. The lowest BCUT2D eigenvalue weighted by Gasteiger charge is -2.05. The van der Waals surface area contributed by atoms with Crippen LogP contribution in [0.25, 0.3) is 0 Å². The number of hydrogen-bond acceptors (Lipinski definition) is 3. The fraction of sp³-hybridized carbons (Fsp3) is 0.364. The third-order valence-electron chi connectivity index (χ3n) is 1.56. The van der Waals surface area contributed by atoms with Crippen LogP contribution >= 0.6 is 23.5 Å². The lowest BCUT2D eigenvalue weighted by atomic mass is 10.2. The Morgan fingerprint density at radius 3 is 2.50 bits per heavy atom. The zero-order valence-corrected chi connectivity index (χ0v) is 10.1. The van der Waals surface area contributed by atoms with Crippen molar-refractivity contribution < 1.29 is 0 Å². The molecule has 0 saturated carbocycles. The molecule has 0 saturated heterocycles. The second-order valence-corrected chi connectivity index (χ2v) is 6.06. The molecule has 0 bridgehead atoms. The molecule has 1 nitrogen and oxygen atoms in total. The minimum atomic E-state index is 0.505. The molecule has 1 aromatic carbocycles. The molecule has 0 heterocycles. The van der Waals surface area contributed by atoms with E-state index in [9.17, 15) is 0 Å². The monoisotopic (exact) mass is 225 g/mol. The Hall–Kier alpha value is -0.410. The Labute approximate surface area is 94.2 Å². The van der Waals surface area contributed by atoms with Crippen molar-refractivity contribution >= 4 is 27.9 Å². The molecule has 1 aromatic rings. The van der Waals surface area contributed by atoms with Gasteiger partial charge >= 0.3 is 0 Å². The number of thioether (sulfide) groups is 2. The maximum atomic E-state index is 7.69. The van der Waals surface area contributed by atoms with Crippen LogP contribution in [0.5, 0.6) is 0 Å². The van der Waals surface area contributed by atoms with Crippen LogP contribution in [0.2, 0.25) is 0 Å². The fourth-order valence-electron chi connectivity index (χ4n) is 0.971. The highest BCUT2D eigenvalue weighted by Crippen LogP contribution is 2.22. The molecule has 0 spiro atoms. The normalized spacial score (nSPS) is 10.5. The van der Waals surface area contributed by atoms with Crippen LogP contribution in [0.15, 0.2) is 30.3 Å². The Bertz CT molecular complexity index is 283. The summed E-state index contributed by atoms with van der Waals surface area (Å²) in [5.74, 6) is 0.902. The molecule has 0 unspecified atom stereocenters. The van der Waals surface area contributed by atoms with Crippen molar-refractivity contribution in [2.24, 2.45) is 0 Å². The summed E-state index contributed by atoms with van der Waals surface area (Å²) in [6.45, 7) is 4.23. The van der Waals surface area contributed by atoms with E-state index in [-0.39, 0.29) is 0 Å². The first-order chi connectivity index (χ1) is 6.68. The summed E-state index contributed by atoms with van der Waals surface area (Å²) in [6.07, 6.45) is 0. The van der Waals surface area contributed by atoms with Crippen molar-refractivity contribution in [3.05, 3.63) is 35.9 Å². The van der Waals surface area contributed by atoms with E-state index >= 15 is 0 Å². The van der Waals surface area contributed by atoms with Crippen molar-refractivity contribution in [1.82, 2.24) is 0 Å². The molecule has 0 aliphatic rings. The van der Waals surface area contributed by atoms with E-state index in [0.29, 0.717) is 9.63 Å². The number of hydrogen-bond donors (Lipinski definition) is 1. The highest BCUT2D eigenvalue weighted by Gasteiger charge is 2.02. The molecular formula is C11H15NS2. The van der Waals surface area contributed by atoms with Crippen LogP contribution in [0, 0.1) is 5.41 Å². The van der Waals surface area contributed by atoms with E-state index in [0.717, 1.165) is 5.75 Å². The Kier molecular flexibility index (Phi) is 5.12. The minimum absolute atomic E-state index is 0.505. The summed E-state index contributed by atoms with van der Waals surface area (Å²) in [5, 5.41) is 8.20. The van der Waals surface area contributed by atoms with Crippen molar-refractivity contribution in [3.63, 3.8) is 0 Å². The number of benzene rings is 1. The van der Waals surface area contributed by atoms with Crippen molar-refractivity contribution in [1.29, 1.82) is 5.41 Å². The van der Waals surface area contributed by atoms with E-state index in [1.165, 1.54) is 5.56 Å². The molecule has 0 amide bonds. The first kappa shape index (κ1) is 11.7. The molecule has 3 heteroatoms. The van der Waals surface area contributed by atoms with Crippen LogP contribution in [-0.2, 0) is 5.75 Å². The van der Waals surface area contributed by atoms with Gasteiger partial charge in [-0.1, -0.05) is 67.7 Å². The average molecular weight is 225 g/mol. The molecule has 0 fully saturated rings. The van der Waals surface area contributed by atoms with E-state index in [4.69, 9.17) is 5.41 Å². The first-order valence-corrected chi connectivity index (χ1v) is 6.47. The number of rotatable bonds is 3. The van der Waals surface area contributed by atoms with Crippen LogP contribution in [-0.4, -0.2) is 9.63 Å². The van der Waals surface area contributed by atoms with E-state index in [1.807, 2.05) is 18.2 Å². The molecular weight excluding hydrogens is 210 g/mol. The van der Waals surface area contributed by atoms with Gasteiger partial charge < -0.3 is 0 Å². The van der Waals surface area contributed by atoms with E-state index in [2.05, 4.69) is 26.0 Å². The lowest BCUT2D eigenvalue weighted by molar-refractivity contribution is 1.12. The molecule has 76 valence electrons. The third-order valence-corrected chi connectivity index (χ3v) is 3.62. The van der Waals surface area contributed by atoms with Crippen molar-refractivity contribution in [3.8, 4) is 0 Å². The van der Waals surface area contributed by atoms with Gasteiger partial charge in [0.2, 0.25) is 0 Å². The van der Waals surface area contributed by atoms with Gasteiger partial charge in [-0.3, -0.25) is 5.41 Å². The highest BCUT2D eigenvalue weighted by molar-refractivity contribution is 8.38. The highest BCUT2D eigenvalue weighted by atomic mass is 32.2. The second kappa shape index (κ2) is 6.14. The van der Waals surface area contributed by atoms with Gasteiger partial charge in [-0.05, 0) is 5.56 Å². The summed E-state index contributed by atoms with van der Waals surface area (Å²) < 4.78 is 0.712. The molecule has 0 radical (unpaired) electrons. The Morgan fingerprint density at radius 1 is 1.29 bits per heavy atom. The molecule has 1 N–H and O–H groups in total. The zero-order chi connectivity index (χ0) is 10.4. The van der Waals surface area contributed by atoms with E-state index < -0.39 is 0 Å². The van der Waals surface area contributed by atoms with Gasteiger partial charge in [-0.2, -0.15) is 0 Å². The van der Waals surface area contributed by atoms with Gasteiger partial charge in [0.1, 0.15) is 4.38 Å². The molecule has 0 aliphatic heterocycles. The topological polar surface area (TPSA) is 23.9 Å². The third kappa shape index (κ3) is 4.72. The van der Waals surface area contributed by atoms with Gasteiger partial charge in [-0.25, -0.2) is 0 Å². The van der Waals surface area contributed by atoms with Gasteiger partial charge in [-0.15, -0.1) is 0 Å². The van der Waals surface area contributed by atoms with Crippen LogP contribution in [0.1, 0.15) is 19.4 Å². The van der Waals surface area contributed by atoms with Gasteiger partial charge in [0.25, 0.3) is 0 Å². The predicted molar refractivity (Wildman–Crippen MR) is 68.2 cm³/mol. The fourth-order valence-corrected chi connectivity index (χ4v) is 2.92. The summed E-state index contributed by atoms with van der Waals surface area (Å²) in [7, 11) is 0. The molecule has 0 aliphatic carbocycles. The summed E-state index contributed by atoms with van der Waals surface area (Å²) in [5.41, 5.74) is 1.28. The van der Waals surface area contributed by atoms with Gasteiger partial charge in [0, 0.05) is 11.0 Å².